The molecule has 1 aliphatic rings. The molecule has 0 spiro atoms. The highest BCUT2D eigenvalue weighted by molar-refractivity contribution is 6.05. The van der Waals surface area contributed by atoms with Gasteiger partial charge in [-0.1, -0.05) is 52.7 Å². The van der Waals surface area contributed by atoms with Gasteiger partial charge in [0.1, 0.15) is 0 Å². The first-order chi connectivity index (χ1) is 7.99. The number of allylic oxidation sites excluding steroid dienone is 1. The maximum Gasteiger partial charge on any atom is 0.183 e. The molecular weight excluding hydrogens is 212 g/mol. The van der Waals surface area contributed by atoms with E-state index in [1.165, 1.54) is 19.3 Å². The third kappa shape index (κ3) is 3.81. The molecule has 0 heterocycles. The van der Waals surface area contributed by atoms with Crippen molar-refractivity contribution in [2.24, 2.45) is 5.41 Å². The standard InChI is InChI=1S/C15H24O2/c1-5-6-7-8-11-17-14-12(2)13(16)9-10-15(14,3)4/h9-10,14H,2,5-8,11H2,1,3-4H3. The molecular formula is C15H24O2. The second-order valence-electron chi connectivity index (χ2n) is 5.36. The SMILES string of the molecule is C=C1C(=O)C=CC(C)(C)C1OCCCCCC. The Labute approximate surface area is 105 Å². The molecule has 0 saturated carbocycles. The average molecular weight is 236 g/mol. The summed E-state index contributed by atoms with van der Waals surface area (Å²) in [4.78, 5) is 11.6. The summed E-state index contributed by atoms with van der Waals surface area (Å²) in [6, 6.07) is 0. The lowest BCUT2D eigenvalue weighted by molar-refractivity contribution is -0.114. The minimum Gasteiger partial charge on any atom is -0.373 e. The quantitative estimate of drug-likeness (QED) is 0.519. The number of hydrogen-bond acceptors (Lipinski definition) is 2. The zero-order chi connectivity index (χ0) is 12.9. The number of carbonyl (C=O) groups excluding carboxylic acids is 1. The lowest BCUT2D eigenvalue weighted by Crippen LogP contribution is -2.37. The van der Waals surface area contributed by atoms with Gasteiger partial charge in [0.05, 0.1) is 6.10 Å². The number of unbranched alkanes of at least 4 members (excludes halogenated alkanes) is 3. The van der Waals surface area contributed by atoms with Gasteiger partial charge in [-0.15, -0.1) is 0 Å². The topological polar surface area (TPSA) is 26.3 Å². The highest BCUT2D eigenvalue weighted by Crippen LogP contribution is 2.34. The van der Waals surface area contributed by atoms with Gasteiger partial charge in [-0.25, -0.2) is 0 Å². The van der Waals surface area contributed by atoms with Crippen LogP contribution in [0.25, 0.3) is 0 Å². The summed E-state index contributed by atoms with van der Waals surface area (Å²) < 4.78 is 5.86. The molecule has 0 aromatic heterocycles. The van der Waals surface area contributed by atoms with E-state index in [9.17, 15) is 4.79 Å². The van der Waals surface area contributed by atoms with Crippen LogP contribution in [0.2, 0.25) is 0 Å². The van der Waals surface area contributed by atoms with E-state index in [2.05, 4.69) is 27.4 Å². The van der Waals surface area contributed by atoms with Crippen molar-refractivity contribution in [3.63, 3.8) is 0 Å². The number of rotatable bonds is 6. The van der Waals surface area contributed by atoms with Crippen LogP contribution in [0, 0.1) is 5.41 Å². The van der Waals surface area contributed by atoms with Crippen molar-refractivity contribution in [3.05, 3.63) is 24.3 Å². The van der Waals surface area contributed by atoms with Crippen molar-refractivity contribution in [2.45, 2.75) is 52.6 Å². The van der Waals surface area contributed by atoms with E-state index in [0.29, 0.717) is 12.2 Å². The molecule has 0 radical (unpaired) electrons. The number of carbonyl (C=O) groups is 1. The van der Waals surface area contributed by atoms with Crippen LogP contribution >= 0.6 is 0 Å². The van der Waals surface area contributed by atoms with Gasteiger partial charge in [0, 0.05) is 17.6 Å². The molecule has 0 saturated heterocycles. The van der Waals surface area contributed by atoms with Crippen LogP contribution < -0.4 is 0 Å². The molecule has 0 fully saturated rings. The molecule has 1 atom stereocenters. The van der Waals surface area contributed by atoms with E-state index in [0.717, 1.165) is 6.42 Å². The summed E-state index contributed by atoms with van der Waals surface area (Å²) in [5.74, 6) is 0.00267. The molecule has 2 heteroatoms. The Kier molecular flexibility index (Phi) is 5.13. The third-order valence-corrected chi connectivity index (χ3v) is 3.26. The van der Waals surface area contributed by atoms with Gasteiger partial charge in [0.15, 0.2) is 5.78 Å². The minimum absolute atomic E-state index is 0.00267. The highest BCUT2D eigenvalue weighted by Gasteiger charge is 2.35. The molecule has 1 unspecified atom stereocenters. The summed E-state index contributed by atoms with van der Waals surface area (Å²) in [5.41, 5.74) is 0.462. The van der Waals surface area contributed by atoms with Crippen molar-refractivity contribution in [2.75, 3.05) is 6.61 Å². The van der Waals surface area contributed by atoms with Crippen LogP contribution in [0.3, 0.4) is 0 Å². The van der Waals surface area contributed by atoms with Crippen molar-refractivity contribution < 1.29 is 9.53 Å². The summed E-state index contributed by atoms with van der Waals surface area (Å²) in [5, 5.41) is 0. The summed E-state index contributed by atoms with van der Waals surface area (Å²) >= 11 is 0. The van der Waals surface area contributed by atoms with E-state index < -0.39 is 0 Å². The molecule has 17 heavy (non-hydrogen) atoms. The molecule has 0 aliphatic heterocycles. The second kappa shape index (κ2) is 6.15. The predicted octanol–water partition coefficient (Wildman–Crippen LogP) is 3.67. The third-order valence-electron chi connectivity index (χ3n) is 3.26. The van der Waals surface area contributed by atoms with Gasteiger partial charge in [-0.2, -0.15) is 0 Å². The minimum atomic E-state index is -0.165. The van der Waals surface area contributed by atoms with Crippen LogP contribution in [0.15, 0.2) is 24.3 Å². The molecule has 0 bridgehead atoms. The normalized spacial score (nSPS) is 23.1. The van der Waals surface area contributed by atoms with Gasteiger partial charge in [0.25, 0.3) is 0 Å². The first-order valence-corrected chi connectivity index (χ1v) is 6.53. The predicted molar refractivity (Wildman–Crippen MR) is 71.0 cm³/mol. The Hall–Kier alpha value is -0.890. The van der Waals surface area contributed by atoms with Crippen molar-refractivity contribution in [1.82, 2.24) is 0 Å². The summed E-state index contributed by atoms with van der Waals surface area (Å²) in [7, 11) is 0. The van der Waals surface area contributed by atoms with Crippen molar-refractivity contribution >= 4 is 5.78 Å². The zero-order valence-corrected chi connectivity index (χ0v) is 11.3. The largest absolute Gasteiger partial charge is 0.373 e. The van der Waals surface area contributed by atoms with Gasteiger partial charge in [-0.3, -0.25) is 4.79 Å². The van der Waals surface area contributed by atoms with Crippen LogP contribution in [0.1, 0.15) is 46.5 Å². The molecule has 2 nitrogen and oxygen atoms in total. The first-order valence-electron chi connectivity index (χ1n) is 6.53. The van der Waals surface area contributed by atoms with Crippen LogP contribution in [0.5, 0.6) is 0 Å². The van der Waals surface area contributed by atoms with Gasteiger partial charge in [0.2, 0.25) is 0 Å². The van der Waals surface area contributed by atoms with E-state index in [1.807, 2.05) is 6.08 Å². The van der Waals surface area contributed by atoms with E-state index >= 15 is 0 Å². The maximum absolute atomic E-state index is 11.6. The van der Waals surface area contributed by atoms with Gasteiger partial charge >= 0.3 is 0 Å². The fourth-order valence-electron chi connectivity index (χ4n) is 2.11. The second-order valence-corrected chi connectivity index (χ2v) is 5.36. The van der Waals surface area contributed by atoms with E-state index in [1.54, 1.807) is 6.08 Å². The fraction of sp³-hybridized carbons (Fsp3) is 0.667. The maximum atomic E-state index is 11.6. The molecule has 0 N–H and O–H groups in total. The Balaban J connectivity index is 2.47. The van der Waals surface area contributed by atoms with Crippen molar-refractivity contribution in [3.8, 4) is 0 Å². The summed E-state index contributed by atoms with van der Waals surface area (Å²) in [6.07, 6.45) is 8.10. The zero-order valence-electron chi connectivity index (χ0n) is 11.3. The monoisotopic (exact) mass is 236 g/mol. The molecule has 0 aromatic carbocycles. The summed E-state index contributed by atoms with van der Waals surface area (Å²) in [6.45, 7) is 10.9. The number of ether oxygens (including phenoxy) is 1. The number of hydrogen-bond donors (Lipinski definition) is 0. The first kappa shape index (κ1) is 14.2. The Morgan fingerprint density at radius 3 is 2.71 bits per heavy atom. The Morgan fingerprint density at radius 1 is 1.35 bits per heavy atom. The van der Waals surface area contributed by atoms with Gasteiger partial charge in [-0.05, 0) is 12.5 Å². The van der Waals surface area contributed by atoms with E-state index in [4.69, 9.17) is 4.74 Å². The van der Waals surface area contributed by atoms with Crippen LogP contribution in [-0.4, -0.2) is 18.5 Å². The Bertz CT molecular complexity index is 313. The van der Waals surface area contributed by atoms with Crippen LogP contribution in [-0.2, 0) is 9.53 Å². The smallest absolute Gasteiger partial charge is 0.183 e. The van der Waals surface area contributed by atoms with E-state index in [-0.39, 0.29) is 17.3 Å². The average Bonchev–Trinajstić information content (AvgIpc) is 2.28. The highest BCUT2D eigenvalue weighted by atomic mass is 16.5. The molecule has 1 rings (SSSR count). The Morgan fingerprint density at radius 2 is 2.06 bits per heavy atom. The molecule has 0 amide bonds. The molecule has 96 valence electrons. The van der Waals surface area contributed by atoms with Crippen molar-refractivity contribution in [1.29, 1.82) is 0 Å². The lowest BCUT2D eigenvalue weighted by atomic mass is 9.77. The molecule has 0 aromatic rings. The number of ketones is 1. The fourth-order valence-corrected chi connectivity index (χ4v) is 2.11. The van der Waals surface area contributed by atoms with Crippen LogP contribution in [0.4, 0.5) is 0 Å². The van der Waals surface area contributed by atoms with Gasteiger partial charge < -0.3 is 4.74 Å². The molecule has 1 aliphatic carbocycles. The lowest BCUT2D eigenvalue weighted by Gasteiger charge is -2.35.